The Morgan fingerprint density at radius 1 is 1.29 bits per heavy atom. The van der Waals surface area contributed by atoms with E-state index in [0.29, 0.717) is 19.5 Å². The van der Waals surface area contributed by atoms with E-state index in [0.717, 1.165) is 25.9 Å². The highest BCUT2D eigenvalue weighted by Gasteiger charge is 2.36. The molecule has 2 amide bonds. The molecule has 2 aliphatic heterocycles. The van der Waals surface area contributed by atoms with Gasteiger partial charge in [0.05, 0.1) is 6.10 Å². The van der Waals surface area contributed by atoms with E-state index in [2.05, 4.69) is 5.32 Å². The summed E-state index contributed by atoms with van der Waals surface area (Å²) in [6, 6.07) is -0.416. The first-order chi connectivity index (χ1) is 9.87. The van der Waals surface area contributed by atoms with Gasteiger partial charge in [0.2, 0.25) is 5.91 Å². The highest BCUT2D eigenvalue weighted by atomic mass is 16.6. The summed E-state index contributed by atoms with van der Waals surface area (Å²) in [5.41, 5.74) is -0.543. The minimum absolute atomic E-state index is 0.103. The number of rotatable bonds is 3. The molecule has 0 bridgehead atoms. The molecule has 0 aromatic rings. The molecule has 120 valence electrons. The average molecular weight is 298 g/mol. The number of nitrogens with one attached hydrogen (secondary N) is 1. The molecule has 0 aromatic carbocycles. The minimum atomic E-state index is -0.543. The maximum atomic E-state index is 12.3. The molecule has 2 heterocycles. The lowest BCUT2D eigenvalue weighted by atomic mass is 10.2. The van der Waals surface area contributed by atoms with Crippen LogP contribution in [0.3, 0.4) is 0 Å². The number of likely N-dealkylation sites (tertiary alicyclic amines) is 1. The average Bonchev–Trinajstić information content (AvgIpc) is 3.05. The lowest BCUT2D eigenvalue weighted by Crippen LogP contribution is -2.48. The number of hydrogen-bond acceptors (Lipinski definition) is 4. The van der Waals surface area contributed by atoms with Crippen LogP contribution in [-0.4, -0.2) is 54.3 Å². The van der Waals surface area contributed by atoms with Crippen LogP contribution >= 0.6 is 0 Å². The van der Waals surface area contributed by atoms with Gasteiger partial charge in [-0.15, -0.1) is 0 Å². The van der Waals surface area contributed by atoms with Crippen LogP contribution in [0, 0.1) is 0 Å². The molecule has 21 heavy (non-hydrogen) atoms. The molecule has 2 unspecified atom stereocenters. The van der Waals surface area contributed by atoms with Crippen LogP contribution < -0.4 is 5.32 Å². The fourth-order valence-electron chi connectivity index (χ4n) is 2.72. The number of amides is 2. The number of carbonyl (C=O) groups is 2. The van der Waals surface area contributed by atoms with Crippen molar-refractivity contribution >= 4 is 12.0 Å². The van der Waals surface area contributed by atoms with Gasteiger partial charge in [0.25, 0.3) is 0 Å². The standard InChI is InChI=1S/C15H26N2O4/c1-15(2,3)21-14(19)17-8-4-7-12(17)13(18)16-10-11-6-5-9-20-11/h11-12H,4-10H2,1-3H3,(H,16,18). The van der Waals surface area contributed by atoms with Gasteiger partial charge in [-0.3, -0.25) is 9.69 Å². The second kappa shape index (κ2) is 6.64. The zero-order valence-corrected chi connectivity index (χ0v) is 13.2. The van der Waals surface area contributed by atoms with Crippen molar-refractivity contribution < 1.29 is 19.1 Å². The van der Waals surface area contributed by atoms with Gasteiger partial charge in [-0.2, -0.15) is 0 Å². The Morgan fingerprint density at radius 3 is 2.67 bits per heavy atom. The SMILES string of the molecule is CC(C)(C)OC(=O)N1CCCC1C(=O)NCC1CCCO1. The Bertz CT molecular complexity index is 386. The number of hydrogen-bond donors (Lipinski definition) is 1. The van der Waals surface area contributed by atoms with E-state index in [9.17, 15) is 9.59 Å². The van der Waals surface area contributed by atoms with Crippen molar-refractivity contribution in [1.29, 1.82) is 0 Å². The van der Waals surface area contributed by atoms with E-state index in [1.807, 2.05) is 20.8 Å². The van der Waals surface area contributed by atoms with Gasteiger partial charge in [-0.25, -0.2) is 4.79 Å². The molecule has 0 saturated carbocycles. The summed E-state index contributed by atoms with van der Waals surface area (Å²) < 4.78 is 10.8. The first-order valence-electron chi connectivity index (χ1n) is 7.76. The molecule has 2 aliphatic rings. The third kappa shape index (κ3) is 4.59. The maximum absolute atomic E-state index is 12.3. The lowest BCUT2D eigenvalue weighted by Gasteiger charge is -2.28. The Morgan fingerprint density at radius 2 is 2.05 bits per heavy atom. The third-order valence-corrected chi connectivity index (χ3v) is 3.71. The highest BCUT2D eigenvalue weighted by molar-refractivity contribution is 5.86. The third-order valence-electron chi connectivity index (χ3n) is 3.71. The fourth-order valence-corrected chi connectivity index (χ4v) is 2.72. The number of nitrogens with zero attached hydrogens (tertiary/aromatic N) is 1. The summed E-state index contributed by atoms with van der Waals surface area (Å²) in [5.74, 6) is -0.103. The Hall–Kier alpha value is -1.30. The predicted molar refractivity (Wildman–Crippen MR) is 77.9 cm³/mol. The monoisotopic (exact) mass is 298 g/mol. The molecule has 0 radical (unpaired) electrons. The largest absolute Gasteiger partial charge is 0.444 e. The summed E-state index contributed by atoms with van der Waals surface area (Å²) in [5, 5.41) is 2.90. The first kappa shape index (κ1) is 16.1. The van der Waals surface area contributed by atoms with Crippen LogP contribution in [-0.2, 0) is 14.3 Å². The second-order valence-corrected chi connectivity index (χ2v) is 6.71. The highest BCUT2D eigenvalue weighted by Crippen LogP contribution is 2.21. The van der Waals surface area contributed by atoms with E-state index in [1.165, 1.54) is 4.90 Å². The van der Waals surface area contributed by atoms with Crippen molar-refractivity contribution in [3.63, 3.8) is 0 Å². The van der Waals surface area contributed by atoms with Crippen LogP contribution in [0.4, 0.5) is 4.79 Å². The van der Waals surface area contributed by atoms with Crippen LogP contribution in [0.2, 0.25) is 0 Å². The van der Waals surface area contributed by atoms with Gasteiger partial charge < -0.3 is 14.8 Å². The summed E-state index contributed by atoms with van der Waals surface area (Å²) in [7, 11) is 0. The van der Waals surface area contributed by atoms with Crippen molar-refractivity contribution in [1.82, 2.24) is 10.2 Å². The van der Waals surface area contributed by atoms with Gasteiger partial charge in [0.1, 0.15) is 11.6 Å². The Balaban J connectivity index is 1.85. The van der Waals surface area contributed by atoms with E-state index in [-0.39, 0.29) is 12.0 Å². The molecule has 1 N–H and O–H groups in total. The predicted octanol–water partition coefficient (Wildman–Crippen LogP) is 1.68. The fraction of sp³-hybridized carbons (Fsp3) is 0.867. The van der Waals surface area contributed by atoms with Crippen molar-refractivity contribution in [2.24, 2.45) is 0 Å². The molecule has 0 spiro atoms. The van der Waals surface area contributed by atoms with Crippen LogP contribution in [0.1, 0.15) is 46.5 Å². The van der Waals surface area contributed by atoms with Crippen LogP contribution in [0.5, 0.6) is 0 Å². The van der Waals surface area contributed by atoms with Gasteiger partial charge in [-0.1, -0.05) is 0 Å². The second-order valence-electron chi connectivity index (χ2n) is 6.71. The van der Waals surface area contributed by atoms with Crippen molar-refractivity contribution in [2.45, 2.75) is 64.2 Å². The molecule has 2 atom stereocenters. The summed E-state index contributed by atoms with van der Waals surface area (Å²) in [6.07, 6.45) is 3.27. The molecular weight excluding hydrogens is 272 g/mol. The molecule has 2 rings (SSSR count). The van der Waals surface area contributed by atoms with E-state index < -0.39 is 17.7 Å². The molecule has 6 nitrogen and oxygen atoms in total. The summed E-state index contributed by atoms with van der Waals surface area (Å²) in [6.45, 7) is 7.35. The normalized spacial score (nSPS) is 26.0. The molecular formula is C15H26N2O4. The topological polar surface area (TPSA) is 67.9 Å². The molecule has 6 heteroatoms. The zero-order valence-electron chi connectivity index (χ0n) is 13.2. The number of carbonyl (C=O) groups excluding carboxylic acids is 2. The molecule has 2 saturated heterocycles. The quantitative estimate of drug-likeness (QED) is 0.861. The molecule has 2 fully saturated rings. The van der Waals surface area contributed by atoms with Crippen molar-refractivity contribution in [2.75, 3.05) is 19.7 Å². The van der Waals surface area contributed by atoms with Crippen molar-refractivity contribution in [3.05, 3.63) is 0 Å². The molecule has 0 aromatic heterocycles. The van der Waals surface area contributed by atoms with Gasteiger partial charge in [0.15, 0.2) is 0 Å². The minimum Gasteiger partial charge on any atom is -0.444 e. The van der Waals surface area contributed by atoms with E-state index in [1.54, 1.807) is 0 Å². The summed E-state index contributed by atoms with van der Waals surface area (Å²) in [4.78, 5) is 25.9. The van der Waals surface area contributed by atoms with Gasteiger partial charge >= 0.3 is 6.09 Å². The van der Waals surface area contributed by atoms with Gasteiger partial charge in [0, 0.05) is 19.7 Å². The van der Waals surface area contributed by atoms with Gasteiger partial charge in [-0.05, 0) is 46.5 Å². The molecule has 0 aliphatic carbocycles. The lowest BCUT2D eigenvalue weighted by molar-refractivity contribution is -0.126. The van der Waals surface area contributed by atoms with Crippen LogP contribution in [0.15, 0.2) is 0 Å². The summed E-state index contributed by atoms with van der Waals surface area (Å²) >= 11 is 0. The van der Waals surface area contributed by atoms with E-state index in [4.69, 9.17) is 9.47 Å². The first-order valence-corrected chi connectivity index (χ1v) is 7.76. The van der Waals surface area contributed by atoms with E-state index >= 15 is 0 Å². The smallest absolute Gasteiger partial charge is 0.410 e. The Kier molecular flexibility index (Phi) is 5.08. The number of ether oxygens (including phenoxy) is 2. The van der Waals surface area contributed by atoms with Crippen molar-refractivity contribution in [3.8, 4) is 0 Å². The van der Waals surface area contributed by atoms with Crippen LogP contribution in [0.25, 0.3) is 0 Å². The maximum Gasteiger partial charge on any atom is 0.410 e. The Labute approximate surface area is 126 Å². The zero-order chi connectivity index (χ0) is 15.5.